The maximum absolute atomic E-state index is 11.4. The van der Waals surface area contributed by atoms with E-state index in [2.05, 4.69) is 6.07 Å². The van der Waals surface area contributed by atoms with Gasteiger partial charge >= 0.3 is 11.0 Å². The van der Waals surface area contributed by atoms with Crippen LogP contribution in [-0.4, -0.2) is 27.9 Å². The van der Waals surface area contributed by atoms with Crippen LogP contribution in [0.25, 0.3) is 4.13 Å². The van der Waals surface area contributed by atoms with Gasteiger partial charge in [-0.25, -0.2) is 16.8 Å². The SMILES string of the molecule is Cc1cccc[n+]1CC#N.O=S(=O)([N-]S(=O)(=O)C(F)(F)F)C(F)(F)F. The Hall–Kier alpha value is -1.92. The van der Waals surface area contributed by atoms with E-state index in [1.165, 1.54) is 0 Å². The van der Waals surface area contributed by atoms with Crippen molar-refractivity contribution in [2.45, 2.75) is 24.5 Å². The van der Waals surface area contributed by atoms with E-state index in [0.29, 0.717) is 6.54 Å². The molecule has 0 atom stereocenters. The van der Waals surface area contributed by atoms with Gasteiger partial charge in [0.1, 0.15) is 6.07 Å². The van der Waals surface area contributed by atoms with Crippen molar-refractivity contribution in [3.63, 3.8) is 0 Å². The Balaban J connectivity index is 0.000000496. The van der Waals surface area contributed by atoms with Crippen molar-refractivity contribution in [2.75, 3.05) is 0 Å². The minimum atomic E-state index is -6.72. The molecule has 0 aliphatic carbocycles. The molecule has 0 aliphatic heterocycles. The Labute approximate surface area is 138 Å². The number of alkyl halides is 6. The van der Waals surface area contributed by atoms with Crippen LogP contribution in [-0.2, 0) is 26.6 Å². The predicted octanol–water partition coefficient (Wildman–Crippen LogP) is 1.87. The third kappa shape index (κ3) is 6.84. The van der Waals surface area contributed by atoms with E-state index in [1.54, 1.807) is 0 Å². The van der Waals surface area contributed by atoms with Crippen LogP contribution in [0, 0.1) is 18.3 Å². The largest absolute Gasteiger partial charge is 0.480 e. The normalized spacial score (nSPS) is 12.7. The molecule has 0 saturated heterocycles. The van der Waals surface area contributed by atoms with Gasteiger partial charge in [-0.1, -0.05) is 6.07 Å². The second kappa shape index (κ2) is 7.97. The van der Waals surface area contributed by atoms with Crippen molar-refractivity contribution in [3.05, 3.63) is 34.2 Å². The average Bonchev–Trinajstić information content (AvgIpc) is 2.38. The smallest absolute Gasteiger partial charge is 0.421 e. The van der Waals surface area contributed by atoms with Crippen LogP contribution in [0.2, 0.25) is 0 Å². The van der Waals surface area contributed by atoms with E-state index in [4.69, 9.17) is 5.26 Å². The van der Waals surface area contributed by atoms with Crippen molar-refractivity contribution in [3.8, 4) is 6.07 Å². The second-order valence-electron chi connectivity index (χ2n) is 4.04. The van der Waals surface area contributed by atoms with Gasteiger partial charge in [0.15, 0.2) is 31.9 Å². The number of hydrogen-bond donors (Lipinski definition) is 0. The van der Waals surface area contributed by atoms with Crippen LogP contribution in [0.5, 0.6) is 0 Å². The molecule has 142 valence electrons. The number of rotatable bonds is 3. The molecule has 0 aliphatic rings. The zero-order valence-electron chi connectivity index (χ0n) is 12.1. The second-order valence-corrected chi connectivity index (χ2v) is 7.47. The summed E-state index contributed by atoms with van der Waals surface area (Å²) in [5.41, 5.74) is -11.3. The predicted molar refractivity (Wildman–Crippen MR) is 70.3 cm³/mol. The monoisotopic (exact) mass is 413 g/mol. The van der Waals surface area contributed by atoms with Crippen molar-refractivity contribution >= 4 is 20.0 Å². The molecule has 0 bridgehead atoms. The van der Waals surface area contributed by atoms with Gasteiger partial charge in [0.25, 0.3) is 0 Å². The van der Waals surface area contributed by atoms with E-state index in [0.717, 1.165) is 9.82 Å². The topological polar surface area (TPSA) is 110 Å². The highest BCUT2D eigenvalue weighted by Crippen LogP contribution is 2.36. The molecule has 0 radical (unpaired) electrons. The average molecular weight is 413 g/mol. The summed E-state index contributed by atoms with van der Waals surface area (Å²) in [6.45, 7) is 2.42. The third-order valence-electron chi connectivity index (χ3n) is 2.19. The van der Waals surface area contributed by atoms with Gasteiger partial charge in [0, 0.05) is 19.1 Å². The maximum atomic E-state index is 11.4. The molecule has 0 spiro atoms. The lowest BCUT2D eigenvalue weighted by molar-refractivity contribution is -0.691. The lowest BCUT2D eigenvalue weighted by atomic mass is 10.3. The summed E-state index contributed by atoms with van der Waals surface area (Å²) in [6, 6.07) is 7.95. The van der Waals surface area contributed by atoms with Crippen LogP contribution in [0.1, 0.15) is 5.69 Å². The molecule has 0 N–H and O–H groups in total. The van der Waals surface area contributed by atoms with Crippen LogP contribution in [0.4, 0.5) is 26.3 Å². The molecule has 1 rings (SSSR count). The third-order valence-corrected chi connectivity index (χ3v) is 4.93. The molecule has 1 aromatic rings. The molecule has 1 heterocycles. The van der Waals surface area contributed by atoms with Crippen LogP contribution in [0.3, 0.4) is 0 Å². The molecule has 0 saturated carbocycles. The van der Waals surface area contributed by atoms with E-state index in [-0.39, 0.29) is 0 Å². The van der Waals surface area contributed by atoms with Gasteiger partial charge in [0.2, 0.25) is 6.54 Å². The molecular formula is C10H9F6N3O4S2. The number of halogens is 6. The molecule has 7 nitrogen and oxygen atoms in total. The first-order valence-electron chi connectivity index (χ1n) is 5.74. The first-order chi connectivity index (χ1) is 11.0. The summed E-state index contributed by atoms with van der Waals surface area (Å²) in [5.74, 6) is 0. The molecule has 1 aromatic heterocycles. The highest BCUT2D eigenvalue weighted by Gasteiger charge is 2.46. The Morgan fingerprint density at radius 3 is 1.80 bits per heavy atom. The Morgan fingerprint density at radius 1 is 1.04 bits per heavy atom. The van der Waals surface area contributed by atoms with Gasteiger partial charge < -0.3 is 4.13 Å². The summed E-state index contributed by atoms with van der Waals surface area (Å²) < 4.78 is 111. The Bertz CT molecular complexity index is 799. The van der Waals surface area contributed by atoms with E-state index < -0.39 is 31.1 Å². The molecule has 15 heteroatoms. The first-order valence-corrected chi connectivity index (χ1v) is 8.62. The minimum Gasteiger partial charge on any atom is -0.421 e. The van der Waals surface area contributed by atoms with Crippen molar-refractivity contribution < 1.29 is 47.7 Å². The number of nitrogens with zero attached hydrogens (tertiary/aromatic N) is 3. The molecule has 0 aromatic carbocycles. The number of aryl methyl sites for hydroxylation is 1. The number of pyridine rings is 1. The lowest BCUT2D eigenvalue weighted by Gasteiger charge is -2.22. The standard InChI is InChI=1S/C8H9N2.C2F6NO4S2/c1-8-4-2-3-6-10(8)7-5-9;3-1(4,5)14(10,11)9-15(12,13)2(6,7)8/h2-4,6H,7H2,1H3;/q+1;-1. The van der Waals surface area contributed by atoms with Crippen LogP contribution >= 0.6 is 0 Å². The zero-order chi connectivity index (χ0) is 20.1. The molecule has 0 fully saturated rings. The molecule has 25 heavy (non-hydrogen) atoms. The molecular weight excluding hydrogens is 404 g/mol. The first kappa shape index (κ1) is 23.1. The number of nitriles is 1. The highest BCUT2D eigenvalue weighted by atomic mass is 32.3. The van der Waals surface area contributed by atoms with E-state index in [9.17, 15) is 43.2 Å². The summed E-state index contributed by atoms with van der Waals surface area (Å²) >= 11 is 0. The highest BCUT2D eigenvalue weighted by molar-refractivity contribution is 8.13. The number of hydrogen-bond acceptors (Lipinski definition) is 5. The van der Waals surface area contributed by atoms with Crippen LogP contribution < -0.4 is 4.57 Å². The van der Waals surface area contributed by atoms with Crippen LogP contribution in [0.15, 0.2) is 24.4 Å². The van der Waals surface area contributed by atoms with Gasteiger partial charge in [-0.05, 0) is 0 Å². The number of aromatic nitrogens is 1. The maximum Gasteiger partial charge on any atom is 0.480 e. The van der Waals surface area contributed by atoms with Crippen molar-refractivity contribution in [2.24, 2.45) is 0 Å². The fourth-order valence-corrected chi connectivity index (χ4v) is 2.74. The fourth-order valence-electron chi connectivity index (χ4n) is 1.03. The van der Waals surface area contributed by atoms with E-state index in [1.807, 2.05) is 35.9 Å². The number of sulfonamides is 2. The lowest BCUT2D eigenvalue weighted by Crippen LogP contribution is -2.35. The van der Waals surface area contributed by atoms with E-state index >= 15 is 0 Å². The van der Waals surface area contributed by atoms with Crippen molar-refractivity contribution in [1.82, 2.24) is 0 Å². The van der Waals surface area contributed by atoms with Crippen molar-refractivity contribution in [1.29, 1.82) is 5.26 Å². The molecule has 0 amide bonds. The summed E-state index contributed by atoms with van der Waals surface area (Å²) in [4.78, 5) is 0. The summed E-state index contributed by atoms with van der Waals surface area (Å²) in [6.07, 6.45) is 1.90. The summed E-state index contributed by atoms with van der Waals surface area (Å²) in [7, 11) is -13.4. The van der Waals surface area contributed by atoms with Gasteiger partial charge in [-0.2, -0.15) is 36.2 Å². The minimum absolute atomic E-state index is 0.437. The fraction of sp³-hybridized carbons (Fsp3) is 0.400. The van der Waals surface area contributed by atoms with Gasteiger partial charge in [-0.3, -0.25) is 0 Å². The Kier molecular flexibility index (Phi) is 7.36. The Morgan fingerprint density at radius 2 is 1.48 bits per heavy atom. The quantitative estimate of drug-likeness (QED) is 0.555. The van der Waals surface area contributed by atoms with Gasteiger partial charge in [0.05, 0.1) is 0 Å². The van der Waals surface area contributed by atoms with Gasteiger partial charge in [-0.15, -0.1) is 0 Å². The zero-order valence-corrected chi connectivity index (χ0v) is 13.7. The summed E-state index contributed by atoms with van der Waals surface area (Å²) in [5, 5.41) is 8.37. The molecule has 0 unspecified atom stereocenters.